The summed E-state index contributed by atoms with van der Waals surface area (Å²) in [7, 11) is 0. The lowest BCUT2D eigenvalue weighted by Gasteiger charge is -2.26. The third-order valence-corrected chi connectivity index (χ3v) is 4.97. The Bertz CT molecular complexity index is 182. The molecule has 0 N–H and O–H groups in total. The zero-order valence-electron chi connectivity index (χ0n) is 6.98. The molecule has 0 nitrogen and oxygen atoms in total. The van der Waals surface area contributed by atoms with Crippen LogP contribution in [0, 0.1) is 22.7 Å². The molecule has 0 radical (unpaired) electrons. The molecule has 1 atom stereocenters. The highest BCUT2D eigenvalue weighted by molar-refractivity contribution is 5.26. The van der Waals surface area contributed by atoms with Gasteiger partial charge in [-0.15, -0.1) is 0 Å². The first-order valence-corrected chi connectivity index (χ1v) is 4.68. The average Bonchev–Trinajstić information content (AvgIpc) is 2.38. The van der Waals surface area contributed by atoms with Crippen molar-refractivity contribution >= 4 is 0 Å². The van der Waals surface area contributed by atoms with Crippen LogP contribution in [0.1, 0.15) is 39.5 Å². The van der Waals surface area contributed by atoms with Crippen molar-refractivity contribution in [1.82, 2.24) is 0 Å². The van der Waals surface area contributed by atoms with Crippen LogP contribution in [0.15, 0.2) is 0 Å². The van der Waals surface area contributed by atoms with Crippen LogP contribution in [0.5, 0.6) is 0 Å². The summed E-state index contributed by atoms with van der Waals surface area (Å²) in [6.45, 7) is 4.98. The van der Waals surface area contributed by atoms with Crippen LogP contribution in [-0.2, 0) is 0 Å². The Hall–Kier alpha value is 0. The summed E-state index contributed by atoms with van der Waals surface area (Å²) in [4.78, 5) is 0. The average molecular weight is 136 g/mol. The molecule has 0 aliphatic heterocycles. The van der Waals surface area contributed by atoms with E-state index in [2.05, 4.69) is 13.8 Å². The third kappa shape index (κ3) is 0.320. The Morgan fingerprint density at radius 1 is 1.10 bits per heavy atom. The molecule has 2 bridgehead atoms. The fraction of sp³-hybridized carbons (Fsp3) is 1.00. The fourth-order valence-corrected chi connectivity index (χ4v) is 4.47. The smallest absolute Gasteiger partial charge is 0.0207 e. The van der Waals surface area contributed by atoms with Gasteiger partial charge in [0.2, 0.25) is 0 Å². The molecule has 1 unspecified atom stereocenters. The zero-order chi connectivity index (χ0) is 6.98. The van der Waals surface area contributed by atoms with Crippen molar-refractivity contribution in [3.05, 3.63) is 0 Å². The topological polar surface area (TPSA) is 0 Å². The summed E-state index contributed by atoms with van der Waals surface area (Å²) in [6.07, 6.45) is 6.26. The zero-order valence-corrected chi connectivity index (χ0v) is 6.98. The van der Waals surface area contributed by atoms with Gasteiger partial charge in [-0.2, -0.15) is 0 Å². The molecular formula is C10H16. The summed E-state index contributed by atoms with van der Waals surface area (Å²) in [6, 6.07) is 0. The van der Waals surface area contributed by atoms with E-state index in [1.807, 2.05) is 0 Å². The van der Waals surface area contributed by atoms with Gasteiger partial charge in [0, 0.05) is 0 Å². The molecule has 0 aromatic rings. The number of rotatable bonds is 0. The summed E-state index contributed by atoms with van der Waals surface area (Å²) in [5.74, 6) is 2.30. The largest absolute Gasteiger partial charge is 0.0591 e. The maximum Gasteiger partial charge on any atom is -0.0207 e. The molecule has 10 heavy (non-hydrogen) atoms. The first kappa shape index (κ1) is 5.62. The monoisotopic (exact) mass is 136 g/mol. The summed E-state index contributed by atoms with van der Waals surface area (Å²) in [5, 5.41) is 0. The Morgan fingerprint density at radius 3 is 1.90 bits per heavy atom. The van der Waals surface area contributed by atoms with E-state index in [0.29, 0.717) is 0 Å². The first-order valence-electron chi connectivity index (χ1n) is 4.68. The molecule has 0 heterocycles. The lowest BCUT2D eigenvalue weighted by molar-refractivity contribution is 0.247. The maximum atomic E-state index is 2.49. The highest BCUT2D eigenvalue weighted by atomic mass is 14.8. The fourth-order valence-electron chi connectivity index (χ4n) is 4.47. The minimum atomic E-state index is 0.758. The standard InChI is InChI=1S/C10H16/c1-9(2)8-7-3-5-10(8,9)6-4-7/h7-8H,3-6H2,1-2H3. The highest BCUT2D eigenvalue weighted by Crippen LogP contribution is 2.84. The van der Waals surface area contributed by atoms with Crippen molar-refractivity contribution in [1.29, 1.82) is 0 Å². The predicted octanol–water partition coefficient (Wildman–Crippen LogP) is 2.83. The number of hydrogen-bond donors (Lipinski definition) is 0. The summed E-state index contributed by atoms with van der Waals surface area (Å²) < 4.78 is 0. The van der Waals surface area contributed by atoms with Crippen LogP contribution in [0.2, 0.25) is 0 Å². The van der Waals surface area contributed by atoms with Gasteiger partial charge in [0.15, 0.2) is 0 Å². The SMILES string of the molecule is CC1(C)C2C3CCC21CC3. The molecule has 3 saturated carbocycles. The summed E-state index contributed by atoms with van der Waals surface area (Å²) >= 11 is 0. The van der Waals surface area contributed by atoms with Gasteiger partial charge < -0.3 is 0 Å². The molecule has 3 aliphatic rings. The van der Waals surface area contributed by atoms with Crippen LogP contribution in [0.3, 0.4) is 0 Å². The number of hydrogen-bond acceptors (Lipinski definition) is 0. The minimum absolute atomic E-state index is 0.758. The van der Waals surface area contributed by atoms with Gasteiger partial charge in [-0.1, -0.05) is 13.8 Å². The van der Waals surface area contributed by atoms with Gasteiger partial charge in [-0.25, -0.2) is 0 Å². The van der Waals surface area contributed by atoms with Gasteiger partial charge >= 0.3 is 0 Å². The van der Waals surface area contributed by atoms with Crippen molar-refractivity contribution in [2.45, 2.75) is 39.5 Å². The van der Waals surface area contributed by atoms with Crippen molar-refractivity contribution < 1.29 is 0 Å². The van der Waals surface area contributed by atoms with E-state index in [1.165, 1.54) is 0 Å². The Balaban J connectivity index is 2.07. The first-order chi connectivity index (χ1) is 4.68. The van der Waals surface area contributed by atoms with Gasteiger partial charge in [-0.05, 0) is 48.3 Å². The highest BCUT2D eigenvalue weighted by Gasteiger charge is 2.77. The van der Waals surface area contributed by atoms with Gasteiger partial charge in [0.25, 0.3) is 0 Å². The van der Waals surface area contributed by atoms with E-state index in [9.17, 15) is 0 Å². The summed E-state index contributed by atoms with van der Waals surface area (Å²) in [5.41, 5.74) is 1.63. The molecule has 56 valence electrons. The predicted molar refractivity (Wildman–Crippen MR) is 41.7 cm³/mol. The van der Waals surface area contributed by atoms with Crippen LogP contribution >= 0.6 is 0 Å². The van der Waals surface area contributed by atoms with Crippen molar-refractivity contribution in [2.24, 2.45) is 22.7 Å². The van der Waals surface area contributed by atoms with Crippen LogP contribution < -0.4 is 0 Å². The molecule has 0 heteroatoms. The van der Waals surface area contributed by atoms with Crippen LogP contribution in [0.25, 0.3) is 0 Å². The van der Waals surface area contributed by atoms with Gasteiger partial charge in [-0.3, -0.25) is 0 Å². The second-order valence-electron chi connectivity index (χ2n) is 5.19. The Kier molecular flexibility index (Phi) is 0.669. The lowest BCUT2D eigenvalue weighted by atomic mass is 9.79. The van der Waals surface area contributed by atoms with Crippen molar-refractivity contribution in [3.8, 4) is 0 Å². The van der Waals surface area contributed by atoms with E-state index in [1.54, 1.807) is 25.7 Å². The van der Waals surface area contributed by atoms with E-state index >= 15 is 0 Å². The van der Waals surface area contributed by atoms with Crippen LogP contribution in [-0.4, -0.2) is 0 Å². The van der Waals surface area contributed by atoms with Crippen LogP contribution in [0.4, 0.5) is 0 Å². The Morgan fingerprint density at radius 2 is 1.70 bits per heavy atom. The van der Waals surface area contributed by atoms with Crippen molar-refractivity contribution in [2.75, 3.05) is 0 Å². The molecule has 3 aliphatic carbocycles. The van der Waals surface area contributed by atoms with Crippen molar-refractivity contribution in [3.63, 3.8) is 0 Å². The van der Waals surface area contributed by atoms with E-state index in [4.69, 9.17) is 0 Å². The maximum absolute atomic E-state index is 2.49. The Labute approximate surface area is 63.0 Å². The molecule has 0 spiro atoms. The second kappa shape index (κ2) is 1.19. The molecular weight excluding hydrogens is 120 g/mol. The molecule has 0 aromatic heterocycles. The molecule has 3 rings (SSSR count). The second-order valence-corrected chi connectivity index (χ2v) is 5.19. The van der Waals surface area contributed by atoms with E-state index < -0.39 is 0 Å². The normalized spacial score (nSPS) is 60.6. The molecule has 0 saturated heterocycles. The van der Waals surface area contributed by atoms with E-state index in [0.717, 1.165) is 22.7 Å². The lowest BCUT2D eigenvalue weighted by Crippen LogP contribution is -2.15. The molecule has 3 fully saturated rings. The van der Waals surface area contributed by atoms with Gasteiger partial charge in [0.05, 0.1) is 0 Å². The third-order valence-electron chi connectivity index (χ3n) is 4.97. The molecule has 0 aromatic carbocycles. The quantitative estimate of drug-likeness (QED) is 0.480. The minimum Gasteiger partial charge on any atom is -0.0591 e. The van der Waals surface area contributed by atoms with Gasteiger partial charge in [0.1, 0.15) is 0 Å². The molecule has 0 amide bonds. The van der Waals surface area contributed by atoms with E-state index in [-0.39, 0.29) is 0 Å².